The van der Waals surface area contributed by atoms with Gasteiger partial charge in [-0.3, -0.25) is 0 Å². The summed E-state index contributed by atoms with van der Waals surface area (Å²) < 4.78 is 0. The summed E-state index contributed by atoms with van der Waals surface area (Å²) in [5, 5.41) is 30.3. The van der Waals surface area contributed by atoms with Crippen molar-refractivity contribution in [2.24, 2.45) is 23.2 Å². The Morgan fingerprint density at radius 3 is 2.60 bits per heavy atom. The van der Waals surface area contributed by atoms with E-state index in [1.807, 2.05) is 0 Å². The molecule has 0 saturated heterocycles. The zero-order chi connectivity index (χ0) is 22.1. The van der Waals surface area contributed by atoms with Gasteiger partial charge in [0.15, 0.2) is 0 Å². The molecule has 0 aromatic heterocycles. The van der Waals surface area contributed by atoms with Crippen LogP contribution in [0.3, 0.4) is 0 Å². The van der Waals surface area contributed by atoms with Gasteiger partial charge in [0.05, 0.1) is 17.8 Å². The van der Waals surface area contributed by atoms with Crippen molar-refractivity contribution >= 4 is 0 Å². The van der Waals surface area contributed by atoms with Crippen LogP contribution in [0.2, 0.25) is 0 Å². The van der Waals surface area contributed by atoms with Gasteiger partial charge in [0.25, 0.3) is 0 Å². The second-order valence-electron chi connectivity index (χ2n) is 11.3. The minimum Gasteiger partial charge on any atom is -0.393 e. The Hall–Kier alpha value is -0.900. The maximum atomic E-state index is 10.3. The summed E-state index contributed by atoms with van der Waals surface area (Å²) in [6, 6.07) is 0. The number of aliphatic hydroxyl groups is 3. The van der Waals surface area contributed by atoms with E-state index in [-0.39, 0.29) is 6.10 Å². The third kappa shape index (κ3) is 5.11. The highest BCUT2D eigenvalue weighted by molar-refractivity contribution is 5.36. The Morgan fingerprint density at radius 1 is 1.17 bits per heavy atom. The number of aliphatic hydroxyl groups excluding tert-OH is 2. The van der Waals surface area contributed by atoms with Gasteiger partial charge in [-0.05, 0) is 107 Å². The van der Waals surface area contributed by atoms with Crippen LogP contribution >= 0.6 is 0 Å². The van der Waals surface area contributed by atoms with Gasteiger partial charge in [-0.2, -0.15) is 0 Å². The van der Waals surface area contributed by atoms with Gasteiger partial charge in [-0.15, -0.1) is 0 Å². The standard InChI is InChI=1S/C27H44O3/c1-18-8-12-22(28)17-21(18)11-10-20-7-6-16-27(5)23(13-14-24(20)27)19(2)9-15-25(29)26(3,4)30/h10-11,19,22-25,28-30H,1,6-9,12-17H2,2-5H3/b20-10-,21-11+/t19-,22+,23-,24+,25+,27-/m1/s1. The predicted molar refractivity (Wildman–Crippen MR) is 124 cm³/mol. The number of rotatable bonds is 6. The normalized spacial score (nSPS) is 37.4. The molecule has 0 heterocycles. The summed E-state index contributed by atoms with van der Waals surface area (Å²) in [6.07, 6.45) is 14.1. The fourth-order valence-electron chi connectivity index (χ4n) is 6.58. The fraction of sp³-hybridized carbons (Fsp3) is 0.778. The summed E-state index contributed by atoms with van der Waals surface area (Å²) in [4.78, 5) is 0. The van der Waals surface area contributed by atoms with E-state index in [0.29, 0.717) is 29.6 Å². The zero-order valence-electron chi connectivity index (χ0n) is 19.7. The molecule has 0 bridgehead atoms. The zero-order valence-corrected chi connectivity index (χ0v) is 19.7. The van der Waals surface area contributed by atoms with Gasteiger partial charge >= 0.3 is 0 Å². The molecule has 0 aromatic carbocycles. The first-order valence-electron chi connectivity index (χ1n) is 12.2. The second-order valence-corrected chi connectivity index (χ2v) is 11.3. The van der Waals surface area contributed by atoms with Crippen LogP contribution in [-0.4, -0.2) is 33.1 Å². The smallest absolute Gasteiger partial charge is 0.0849 e. The van der Waals surface area contributed by atoms with Gasteiger partial charge in [0.2, 0.25) is 0 Å². The maximum absolute atomic E-state index is 10.3. The molecular formula is C27H44O3. The summed E-state index contributed by atoms with van der Waals surface area (Å²) in [6.45, 7) is 12.5. The van der Waals surface area contributed by atoms with E-state index < -0.39 is 11.7 Å². The first-order chi connectivity index (χ1) is 14.0. The van der Waals surface area contributed by atoms with Crippen molar-refractivity contribution in [3.8, 4) is 0 Å². The topological polar surface area (TPSA) is 60.7 Å². The molecule has 0 aliphatic heterocycles. The van der Waals surface area contributed by atoms with Gasteiger partial charge in [0, 0.05) is 0 Å². The van der Waals surface area contributed by atoms with Crippen molar-refractivity contribution in [2.45, 2.75) is 110 Å². The summed E-state index contributed by atoms with van der Waals surface area (Å²) >= 11 is 0. The third-order valence-electron chi connectivity index (χ3n) is 8.62. The quantitative estimate of drug-likeness (QED) is 0.520. The Morgan fingerprint density at radius 2 is 1.90 bits per heavy atom. The van der Waals surface area contributed by atoms with Crippen molar-refractivity contribution in [1.82, 2.24) is 0 Å². The molecule has 0 spiro atoms. The lowest BCUT2D eigenvalue weighted by atomic mass is 9.60. The van der Waals surface area contributed by atoms with Crippen LogP contribution in [0.4, 0.5) is 0 Å². The highest BCUT2D eigenvalue weighted by atomic mass is 16.3. The van der Waals surface area contributed by atoms with E-state index in [0.717, 1.165) is 25.7 Å². The molecule has 0 amide bonds. The first-order valence-corrected chi connectivity index (χ1v) is 12.2. The summed E-state index contributed by atoms with van der Waals surface area (Å²) in [5.41, 5.74) is 3.34. The van der Waals surface area contributed by atoms with Crippen molar-refractivity contribution in [1.29, 1.82) is 0 Å². The first kappa shape index (κ1) is 23.8. The molecule has 3 saturated carbocycles. The molecule has 3 aliphatic carbocycles. The lowest BCUT2D eigenvalue weighted by Crippen LogP contribution is -2.38. The monoisotopic (exact) mass is 416 g/mol. The number of hydrogen-bond acceptors (Lipinski definition) is 3. The van der Waals surface area contributed by atoms with Gasteiger partial charge in [0.1, 0.15) is 0 Å². The molecule has 30 heavy (non-hydrogen) atoms. The van der Waals surface area contributed by atoms with Crippen LogP contribution in [-0.2, 0) is 0 Å². The third-order valence-corrected chi connectivity index (χ3v) is 8.62. The van der Waals surface area contributed by atoms with Crippen LogP contribution in [0, 0.1) is 23.2 Å². The van der Waals surface area contributed by atoms with E-state index in [1.165, 1.54) is 43.3 Å². The number of hydrogen-bond donors (Lipinski definition) is 3. The van der Waals surface area contributed by atoms with E-state index in [1.54, 1.807) is 19.4 Å². The number of allylic oxidation sites excluding steroid dienone is 4. The van der Waals surface area contributed by atoms with Crippen molar-refractivity contribution in [3.05, 3.63) is 35.5 Å². The Bertz CT molecular complexity index is 683. The minimum absolute atomic E-state index is 0.215. The molecular weight excluding hydrogens is 372 g/mol. The molecule has 0 aromatic rings. The minimum atomic E-state index is -1.02. The molecule has 3 heteroatoms. The lowest BCUT2D eigenvalue weighted by Gasteiger charge is -2.44. The SMILES string of the molecule is C=C1CC[C@H](O)C/C1=C\C=C1\CCC[C@]2(C)[C@@H]([C@H](C)CC[C@H](O)C(C)(C)O)CC[C@@H]12. The predicted octanol–water partition coefficient (Wildman–Crippen LogP) is 5.70. The Labute approximate surface area is 184 Å². The van der Waals surface area contributed by atoms with Gasteiger partial charge < -0.3 is 15.3 Å². The molecule has 3 rings (SSSR count). The van der Waals surface area contributed by atoms with Crippen LogP contribution < -0.4 is 0 Å². The molecule has 6 atom stereocenters. The molecule has 0 radical (unpaired) electrons. The van der Waals surface area contributed by atoms with Crippen molar-refractivity contribution < 1.29 is 15.3 Å². The average molecular weight is 417 g/mol. The van der Waals surface area contributed by atoms with E-state index in [9.17, 15) is 15.3 Å². The maximum Gasteiger partial charge on any atom is 0.0849 e. The molecule has 0 unspecified atom stereocenters. The van der Waals surface area contributed by atoms with Crippen LogP contribution in [0.5, 0.6) is 0 Å². The Balaban J connectivity index is 1.69. The summed E-state index contributed by atoms with van der Waals surface area (Å²) in [5.74, 6) is 1.89. The molecule has 3 fully saturated rings. The van der Waals surface area contributed by atoms with E-state index in [4.69, 9.17) is 0 Å². The Kier molecular flexibility index (Phi) is 7.37. The molecule has 3 N–H and O–H groups in total. The summed E-state index contributed by atoms with van der Waals surface area (Å²) in [7, 11) is 0. The van der Waals surface area contributed by atoms with E-state index >= 15 is 0 Å². The van der Waals surface area contributed by atoms with Crippen LogP contribution in [0.1, 0.15) is 91.9 Å². The average Bonchev–Trinajstić information content (AvgIpc) is 3.03. The van der Waals surface area contributed by atoms with Gasteiger partial charge in [-0.1, -0.05) is 43.7 Å². The molecule has 3 nitrogen and oxygen atoms in total. The van der Waals surface area contributed by atoms with Crippen LogP contribution in [0.15, 0.2) is 35.5 Å². The van der Waals surface area contributed by atoms with Crippen molar-refractivity contribution in [2.75, 3.05) is 0 Å². The highest BCUT2D eigenvalue weighted by Gasteiger charge is 2.50. The molecule has 3 aliphatic rings. The van der Waals surface area contributed by atoms with Gasteiger partial charge in [-0.25, -0.2) is 0 Å². The molecule has 170 valence electrons. The van der Waals surface area contributed by atoms with Crippen molar-refractivity contribution in [3.63, 3.8) is 0 Å². The second kappa shape index (κ2) is 9.30. The number of fused-ring (bicyclic) bond motifs is 1. The highest BCUT2D eigenvalue weighted by Crippen LogP contribution is 2.60. The lowest BCUT2D eigenvalue weighted by molar-refractivity contribution is -0.0554. The van der Waals surface area contributed by atoms with Crippen LogP contribution in [0.25, 0.3) is 0 Å². The van der Waals surface area contributed by atoms with E-state index in [2.05, 4.69) is 32.6 Å². The fourth-order valence-corrected chi connectivity index (χ4v) is 6.58. The largest absolute Gasteiger partial charge is 0.393 e.